The molecule has 2 fully saturated rings. The van der Waals surface area contributed by atoms with E-state index in [1.807, 2.05) is 0 Å². The summed E-state index contributed by atoms with van der Waals surface area (Å²) in [5, 5.41) is 5.07. The molecule has 1 heterocycles. The van der Waals surface area contributed by atoms with Crippen molar-refractivity contribution in [3.8, 4) is 0 Å². The van der Waals surface area contributed by atoms with Crippen molar-refractivity contribution in [1.82, 2.24) is 0 Å². The molecule has 0 aromatic heterocycles. The highest BCUT2D eigenvalue weighted by Gasteiger charge is 2.56. The molecule has 1 saturated carbocycles. The van der Waals surface area contributed by atoms with Gasteiger partial charge >= 0.3 is 0 Å². The molecule has 1 saturated heterocycles. The molecule has 4 atom stereocenters. The van der Waals surface area contributed by atoms with Gasteiger partial charge in [-0.2, -0.15) is 0 Å². The number of hydrogen-bond donors (Lipinski definition) is 1. The number of amides is 2. The predicted molar refractivity (Wildman–Crippen MR) is 82.6 cm³/mol. The van der Waals surface area contributed by atoms with Crippen LogP contribution >= 0.6 is 0 Å². The summed E-state index contributed by atoms with van der Waals surface area (Å²) in [5.74, 6) is -0.636. The van der Waals surface area contributed by atoms with Crippen LogP contribution in [0, 0.1) is 23.7 Å². The van der Waals surface area contributed by atoms with Crippen LogP contribution in [0.2, 0.25) is 0 Å². The summed E-state index contributed by atoms with van der Waals surface area (Å²) in [6.45, 7) is 0. The summed E-state index contributed by atoms with van der Waals surface area (Å²) >= 11 is 0. The molecular weight excluding hydrogens is 316 g/mol. The van der Waals surface area contributed by atoms with E-state index in [4.69, 9.17) is 5.14 Å². The number of fused-ring (bicyclic) bond motifs is 1. The zero-order valence-electron chi connectivity index (χ0n) is 12.3. The summed E-state index contributed by atoms with van der Waals surface area (Å²) < 4.78 is 22.6. The second kappa shape index (κ2) is 4.75. The van der Waals surface area contributed by atoms with Crippen molar-refractivity contribution in [1.29, 1.82) is 0 Å². The van der Waals surface area contributed by atoms with Gasteiger partial charge in [0.25, 0.3) is 0 Å². The van der Waals surface area contributed by atoms with Crippen LogP contribution in [0.15, 0.2) is 41.3 Å². The van der Waals surface area contributed by atoms with E-state index in [9.17, 15) is 18.0 Å². The van der Waals surface area contributed by atoms with E-state index in [0.717, 1.165) is 12.8 Å². The van der Waals surface area contributed by atoms with Crippen LogP contribution < -0.4 is 10.0 Å². The van der Waals surface area contributed by atoms with Gasteiger partial charge in [-0.05, 0) is 48.9 Å². The lowest BCUT2D eigenvalue weighted by molar-refractivity contribution is -0.124. The first-order valence-corrected chi connectivity index (χ1v) is 9.11. The third-order valence-corrected chi connectivity index (χ3v) is 6.11. The van der Waals surface area contributed by atoms with Crippen LogP contribution in [0.3, 0.4) is 0 Å². The number of imide groups is 1. The maximum absolute atomic E-state index is 12.8. The SMILES string of the molecule is NS(=O)(=O)c1ccc(N2C(=O)C3C4C=CC(CC4)C3C2=O)cc1. The second-order valence-corrected chi connectivity index (χ2v) is 7.95. The Balaban J connectivity index is 1.71. The van der Waals surface area contributed by atoms with Gasteiger partial charge in [-0.15, -0.1) is 0 Å². The summed E-state index contributed by atoms with van der Waals surface area (Å²) in [4.78, 5) is 26.7. The first-order chi connectivity index (χ1) is 10.9. The number of carbonyl (C=O) groups excluding carboxylic acids is 2. The van der Waals surface area contributed by atoms with Crippen molar-refractivity contribution in [2.24, 2.45) is 28.8 Å². The number of rotatable bonds is 2. The smallest absolute Gasteiger partial charge is 0.238 e. The zero-order valence-corrected chi connectivity index (χ0v) is 13.1. The molecular formula is C16H16N2O4S. The molecule has 4 unspecified atom stereocenters. The van der Waals surface area contributed by atoms with Crippen molar-refractivity contribution in [3.63, 3.8) is 0 Å². The minimum atomic E-state index is -3.80. The standard InChI is InChI=1S/C16H16N2O4S/c17-23(21,22)12-7-5-11(6-8-12)18-15(19)13-9-1-2-10(4-3-9)14(13)16(18)20/h1-2,5-10,13-14H,3-4H2,(H2,17,21,22). The van der Waals surface area contributed by atoms with Gasteiger partial charge in [0.15, 0.2) is 0 Å². The number of sulfonamides is 1. The van der Waals surface area contributed by atoms with Crippen molar-refractivity contribution >= 4 is 27.5 Å². The molecule has 0 radical (unpaired) electrons. The summed E-state index contributed by atoms with van der Waals surface area (Å²) in [5.41, 5.74) is 0.404. The predicted octanol–water partition coefficient (Wildman–Crippen LogP) is 1.04. The lowest BCUT2D eigenvalue weighted by Crippen LogP contribution is -2.38. The van der Waals surface area contributed by atoms with Gasteiger partial charge in [-0.25, -0.2) is 13.6 Å². The molecule has 4 aliphatic rings. The highest BCUT2D eigenvalue weighted by atomic mass is 32.2. The Labute approximate surface area is 134 Å². The molecule has 1 aromatic rings. The van der Waals surface area contributed by atoms with Crippen LogP contribution in [0.1, 0.15) is 12.8 Å². The van der Waals surface area contributed by atoms with E-state index in [0.29, 0.717) is 5.69 Å². The Morgan fingerprint density at radius 1 is 0.913 bits per heavy atom. The van der Waals surface area contributed by atoms with Gasteiger partial charge in [0.2, 0.25) is 21.8 Å². The Morgan fingerprint density at radius 3 is 1.78 bits per heavy atom. The number of carbonyl (C=O) groups is 2. The Bertz CT molecular complexity index is 796. The molecule has 2 amide bonds. The Hall–Kier alpha value is -1.99. The normalized spacial score (nSPS) is 32.5. The molecule has 5 rings (SSSR count). The maximum atomic E-state index is 12.8. The number of nitrogens with two attached hydrogens (primary N) is 1. The van der Waals surface area contributed by atoms with Crippen molar-refractivity contribution in [3.05, 3.63) is 36.4 Å². The molecule has 6 nitrogen and oxygen atoms in total. The number of anilines is 1. The van der Waals surface area contributed by atoms with E-state index in [-0.39, 0.29) is 40.4 Å². The summed E-state index contributed by atoms with van der Waals surface area (Å²) in [6.07, 6.45) is 6.02. The molecule has 3 aliphatic carbocycles. The quantitative estimate of drug-likeness (QED) is 0.646. The molecule has 0 spiro atoms. The fourth-order valence-corrected chi connectivity index (χ4v) is 4.63. The molecule has 23 heavy (non-hydrogen) atoms. The fourth-order valence-electron chi connectivity index (χ4n) is 4.11. The number of primary sulfonamides is 1. The van der Waals surface area contributed by atoms with E-state index in [1.54, 1.807) is 0 Å². The average Bonchev–Trinajstić information content (AvgIpc) is 2.81. The van der Waals surface area contributed by atoms with Crippen LogP contribution in [0.5, 0.6) is 0 Å². The van der Waals surface area contributed by atoms with Gasteiger partial charge in [-0.3, -0.25) is 14.5 Å². The van der Waals surface area contributed by atoms with E-state index >= 15 is 0 Å². The van der Waals surface area contributed by atoms with Gasteiger partial charge in [0, 0.05) is 0 Å². The summed E-state index contributed by atoms with van der Waals surface area (Å²) in [7, 11) is -3.80. The fraction of sp³-hybridized carbons (Fsp3) is 0.375. The number of benzene rings is 1. The van der Waals surface area contributed by atoms with Crippen molar-refractivity contribution in [2.75, 3.05) is 4.90 Å². The van der Waals surface area contributed by atoms with E-state index in [1.165, 1.54) is 29.2 Å². The van der Waals surface area contributed by atoms with Crippen LogP contribution in [-0.4, -0.2) is 20.2 Å². The first kappa shape index (κ1) is 14.6. The topological polar surface area (TPSA) is 97.5 Å². The van der Waals surface area contributed by atoms with Crippen molar-refractivity contribution in [2.45, 2.75) is 17.7 Å². The average molecular weight is 332 g/mol. The van der Waals surface area contributed by atoms with Gasteiger partial charge in [-0.1, -0.05) is 12.2 Å². The highest BCUT2D eigenvalue weighted by molar-refractivity contribution is 7.89. The van der Waals surface area contributed by atoms with Crippen LogP contribution in [0.25, 0.3) is 0 Å². The third-order valence-electron chi connectivity index (χ3n) is 5.18. The van der Waals surface area contributed by atoms with Gasteiger partial charge < -0.3 is 0 Å². The van der Waals surface area contributed by atoms with Crippen LogP contribution in [0.4, 0.5) is 5.69 Å². The number of nitrogens with zero attached hydrogens (tertiary/aromatic N) is 1. The van der Waals surface area contributed by atoms with Crippen LogP contribution in [-0.2, 0) is 19.6 Å². The van der Waals surface area contributed by atoms with Crippen molar-refractivity contribution < 1.29 is 18.0 Å². The number of hydrogen-bond acceptors (Lipinski definition) is 4. The lowest BCUT2D eigenvalue weighted by atomic mass is 9.63. The largest absolute Gasteiger partial charge is 0.274 e. The zero-order chi connectivity index (χ0) is 16.4. The maximum Gasteiger partial charge on any atom is 0.238 e. The van der Waals surface area contributed by atoms with E-state index in [2.05, 4.69) is 12.2 Å². The summed E-state index contributed by atoms with van der Waals surface area (Å²) in [6, 6.07) is 5.56. The molecule has 1 aliphatic heterocycles. The molecule has 120 valence electrons. The van der Waals surface area contributed by atoms with Gasteiger partial charge in [0.05, 0.1) is 22.4 Å². The molecule has 2 N–H and O–H groups in total. The monoisotopic (exact) mass is 332 g/mol. The third kappa shape index (κ3) is 2.07. The lowest BCUT2D eigenvalue weighted by Gasteiger charge is -2.38. The molecule has 7 heteroatoms. The highest BCUT2D eigenvalue weighted by Crippen LogP contribution is 2.50. The van der Waals surface area contributed by atoms with Gasteiger partial charge in [0.1, 0.15) is 0 Å². The Morgan fingerprint density at radius 2 is 1.39 bits per heavy atom. The minimum Gasteiger partial charge on any atom is -0.274 e. The number of allylic oxidation sites excluding steroid dienone is 2. The molecule has 2 bridgehead atoms. The molecule has 1 aromatic carbocycles. The Kier molecular flexibility index (Phi) is 3.01. The second-order valence-electron chi connectivity index (χ2n) is 6.39. The van der Waals surface area contributed by atoms with E-state index < -0.39 is 10.0 Å². The first-order valence-electron chi connectivity index (χ1n) is 7.57. The minimum absolute atomic E-state index is 0.0421.